The van der Waals surface area contributed by atoms with Gasteiger partial charge in [-0.1, -0.05) is 18.2 Å². The Bertz CT molecular complexity index is 656. The molecule has 2 aliphatic rings. The van der Waals surface area contributed by atoms with Crippen molar-refractivity contribution in [3.8, 4) is 0 Å². The van der Waals surface area contributed by atoms with Crippen molar-refractivity contribution in [3.05, 3.63) is 40.6 Å². The van der Waals surface area contributed by atoms with Gasteiger partial charge in [-0.15, -0.1) is 0 Å². The van der Waals surface area contributed by atoms with Crippen molar-refractivity contribution < 1.29 is 14.0 Å². The number of piperazine rings is 1. The van der Waals surface area contributed by atoms with Crippen LogP contribution >= 0.6 is 11.8 Å². The van der Waals surface area contributed by atoms with Crippen LogP contribution in [0.15, 0.2) is 29.2 Å². The molecule has 2 saturated heterocycles. The van der Waals surface area contributed by atoms with E-state index in [9.17, 15) is 14.0 Å². The van der Waals surface area contributed by atoms with Gasteiger partial charge in [0.1, 0.15) is 5.82 Å². The molecule has 7 heteroatoms. The average Bonchev–Trinajstić information content (AvgIpc) is 2.79. The predicted molar refractivity (Wildman–Crippen MR) is 88.1 cm³/mol. The Morgan fingerprint density at radius 2 is 1.87 bits per heavy atom. The number of hydrogen-bond acceptors (Lipinski definition) is 5. The second kappa shape index (κ2) is 6.82. The van der Waals surface area contributed by atoms with Crippen molar-refractivity contribution in [2.45, 2.75) is 0 Å². The summed E-state index contributed by atoms with van der Waals surface area (Å²) in [7, 11) is 2.05. The predicted octanol–water partition coefficient (Wildman–Crippen LogP) is 2.07. The summed E-state index contributed by atoms with van der Waals surface area (Å²) in [6, 6.07) is 6.21. The Kier molecular flexibility index (Phi) is 4.79. The highest BCUT2D eigenvalue weighted by Gasteiger charge is 2.36. The minimum atomic E-state index is -0.404. The molecule has 0 atom stereocenters. The van der Waals surface area contributed by atoms with E-state index >= 15 is 0 Å². The van der Waals surface area contributed by atoms with Crippen molar-refractivity contribution in [1.82, 2.24) is 14.7 Å². The van der Waals surface area contributed by atoms with E-state index in [0.717, 1.165) is 37.9 Å². The topological polar surface area (TPSA) is 43.9 Å². The molecule has 1 aromatic carbocycles. The molecular formula is C16H18FN3O2S. The molecule has 0 bridgehead atoms. The Balaban J connectivity index is 1.71. The molecule has 0 spiro atoms. The van der Waals surface area contributed by atoms with E-state index in [1.807, 2.05) is 0 Å². The molecule has 23 heavy (non-hydrogen) atoms. The SMILES string of the molecule is CN1CCN(CN2C(=O)S/C(=C/c3ccccc3F)C2=O)CC1. The quantitative estimate of drug-likeness (QED) is 0.791. The molecule has 0 unspecified atom stereocenters. The lowest BCUT2D eigenvalue weighted by molar-refractivity contribution is -0.124. The zero-order chi connectivity index (χ0) is 16.4. The number of hydrogen-bond donors (Lipinski definition) is 0. The van der Waals surface area contributed by atoms with Crippen molar-refractivity contribution in [2.24, 2.45) is 0 Å². The maximum Gasteiger partial charge on any atom is 0.294 e. The summed E-state index contributed by atoms with van der Waals surface area (Å²) < 4.78 is 13.7. The lowest BCUT2D eigenvalue weighted by Gasteiger charge is -2.33. The second-order valence-corrected chi connectivity index (χ2v) is 6.69. The third-order valence-electron chi connectivity index (χ3n) is 4.00. The van der Waals surface area contributed by atoms with Crippen molar-refractivity contribution in [2.75, 3.05) is 39.9 Å². The van der Waals surface area contributed by atoms with Crippen LogP contribution in [0.3, 0.4) is 0 Å². The first-order chi connectivity index (χ1) is 11.0. The van der Waals surface area contributed by atoms with Gasteiger partial charge in [0.2, 0.25) is 0 Å². The molecule has 2 fully saturated rings. The van der Waals surface area contributed by atoms with E-state index < -0.39 is 5.82 Å². The van der Waals surface area contributed by atoms with Crippen molar-refractivity contribution in [3.63, 3.8) is 0 Å². The number of carbonyl (C=O) groups excluding carboxylic acids is 2. The average molecular weight is 335 g/mol. The van der Waals surface area contributed by atoms with Crippen LogP contribution < -0.4 is 0 Å². The third kappa shape index (κ3) is 3.63. The van der Waals surface area contributed by atoms with Crippen molar-refractivity contribution in [1.29, 1.82) is 0 Å². The van der Waals surface area contributed by atoms with Gasteiger partial charge in [-0.25, -0.2) is 4.39 Å². The van der Waals surface area contributed by atoms with Crippen LogP contribution in [0, 0.1) is 5.82 Å². The van der Waals surface area contributed by atoms with Gasteiger partial charge in [0.15, 0.2) is 0 Å². The van der Waals surface area contributed by atoms with Crippen molar-refractivity contribution >= 4 is 29.0 Å². The monoisotopic (exact) mass is 335 g/mol. The van der Waals surface area contributed by atoms with Gasteiger partial charge in [0.25, 0.3) is 11.1 Å². The standard InChI is InChI=1S/C16H18FN3O2S/c1-18-6-8-19(9-7-18)11-20-15(21)14(23-16(20)22)10-12-4-2-3-5-13(12)17/h2-5,10H,6-9,11H2,1H3/b14-10+. The first-order valence-corrected chi connectivity index (χ1v) is 8.27. The molecule has 0 aromatic heterocycles. The minimum absolute atomic E-state index is 0.272. The summed E-state index contributed by atoms with van der Waals surface area (Å²) in [6.45, 7) is 3.78. The zero-order valence-corrected chi connectivity index (χ0v) is 13.7. The molecule has 1 aromatic rings. The van der Waals surface area contributed by atoms with Crippen LogP contribution in [0.2, 0.25) is 0 Å². The molecule has 122 valence electrons. The van der Waals surface area contributed by atoms with Crippen LogP contribution in [0.25, 0.3) is 6.08 Å². The lowest BCUT2D eigenvalue weighted by Crippen LogP contribution is -2.49. The molecule has 0 aliphatic carbocycles. The molecule has 2 aliphatic heterocycles. The number of benzene rings is 1. The highest BCUT2D eigenvalue weighted by atomic mass is 32.2. The Morgan fingerprint density at radius 3 is 2.57 bits per heavy atom. The van der Waals surface area contributed by atoms with E-state index in [1.165, 1.54) is 17.0 Å². The van der Waals surface area contributed by atoms with Gasteiger partial charge in [-0.3, -0.25) is 19.4 Å². The van der Waals surface area contributed by atoms with Gasteiger partial charge in [-0.05, 0) is 31.0 Å². The Hall–Kier alpha value is -1.70. The number of amides is 2. The number of halogens is 1. The van der Waals surface area contributed by atoms with E-state index in [2.05, 4.69) is 16.8 Å². The third-order valence-corrected chi connectivity index (χ3v) is 4.91. The summed E-state index contributed by atoms with van der Waals surface area (Å²) in [5, 5.41) is -0.295. The molecule has 2 heterocycles. The summed E-state index contributed by atoms with van der Waals surface area (Å²) in [4.78, 5) is 30.3. The number of carbonyl (C=O) groups is 2. The molecule has 2 amide bonds. The largest absolute Gasteiger partial charge is 0.304 e. The van der Waals surface area contributed by atoms with E-state index in [0.29, 0.717) is 12.2 Å². The minimum Gasteiger partial charge on any atom is -0.304 e. The van der Waals surface area contributed by atoms with Gasteiger partial charge in [-0.2, -0.15) is 0 Å². The Morgan fingerprint density at radius 1 is 1.17 bits per heavy atom. The fourth-order valence-electron chi connectivity index (χ4n) is 2.54. The first-order valence-electron chi connectivity index (χ1n) is 7.45. The van der Waals surface area contributed by atoms with Gasteiger partial charge in [0, 0.05) is 31.7 Å². The van der Waals surface area contributed by atoms with E-state index in [4.69, 9.17) is 0 Å². The molecule has 3 rings (SSSR count). The summed E-state index contributed by atoms with van der Waals surface area (Å²) in [5.41, 5.74) is 0.317. The van der Waals surface area contributed by atoms with Crippen LogP contribution in [0.1, 0.15) is 5.56 Å². The number of nitrogens with zero attached hydrogens (tertiary/aromatic N) is 3. The highest BCUT2D eigenvalue weighted by molar-refractivity contribution is 8.18. The molecule has 0 radical (unpaired) electrons. The summed E-state index contributed by atoms with van der Waals surface area (Å²) in [6.07, 6.45) is 1.45. The second-order valence-electron chi connectivity index (χ2n) is 5.69. The fourth-order valence-corrected chi connectivity index (χ4v) is 3.37. The van der Waals surface area contributed by atoms with E-state index in [-0.39, 0.29) is 16.1 Å². The maximum absolute atomic E-state index is 13.7. The number of likely N-dealkylation sites (N-methyl/N-ethyl adjacent to an activating group) is 1. The number of rotatable bonds is 3. The normalized spacial score (nSPS) is 22.3. The van der Waals surface area contributed by atoms with Gasteiger partial charge in [0.05, 0.1) is 11.6 Å². The van der Waals surface area contributed by atoms with Crippen LogP contribution in [-0.2, 0) is 4.79 Å². The maximum atomic E-state index is 13.7. The lowest BCUT2D eigenvalue weighted by atomic mass is 10.2. The molecular weight excluding hydrogens is 317 g/mol. The smallest absolute Gasteiger partial charge is 0.294 e. The summed E-state index contributed by atoms with van der Waals surface area (Å²) >= 11 is 0.869. The zero-order valence-electron chi connectivity index (χ0n) is 12.9. The molecule has 0 N–H and O–H groups in total. The van der Waals surface area contributed by atoms with Gasteiger partial charge < -0.3 is 4.90 Å². The summed E-state index contributed by atoms with van der Waals surface area (Å²) in [5.74, 6) is -0.749. The van der Waals surface area contributed by atoms with Crippen LogP contribution in [0.5, 0.6) is 0 Å². The first kappa shape index (κ1) is 16.2. The number of thioether (sulfide) groups is 1. The van der Waals surface area contributed by atoms with Crippen LogP contribution in [0.4, 0.5) is 9.18 Å². The molecule has 5 nitrogen and oxygen atoms in total. The number of imide groups is 1. The Labute approximate surface area is 138 Å². The van der Waals surface area contributed by atoms with Gasteiger partial charge >= 0.3 is 0 Å². The fraction of sp³-hybridized carbons (Fsp3) is 0.375. The highest BCUT2D eigenvalue weighted by Crippen LogP contribution is 2.32. The van der Waals surface area contributed by atoms with Crippen LogP contribution in [-0.4, -0.2) is 65.7 Å². The van der Waals surface area contributed by atoms with E-state index in [1.54, 1.807) is 18.2 Å². The molecule has 0 saturated carbocycles.